The molecule has 2 N–H and O–H groups in total. The van der Waals surface area contributed by atoms with Gasteiger partial charge in [0, 0.05) is 17.8 Å². The first-order chi connectivity index (χ1) is 7.67. The van der Waals surface area contributed by atoms with E-state index in [1.54, 1.807) is 24.3 Å². The average molecular weight is 220 g/mol. The Morgan fingerprint density at radius 1 is 1.25 bits per heavy atom. The second kappa shape index (κ2) is 5.65. The monoisotopic (exact) mass is 220 g/mol. The van der Waals surface area contributed by atoms with Gasteiger partial charge in [-0.15, -0.1) is 0 Å². The van der Waals surface area contributed by atoms with Crippen molar-refractivity contribution in [3.63, 3.8) is 0 Å². The third kappa shape index (κ3) is 3.20. The van der Waals surface area contributed by atoms with Gasteiger partial charge in [0.1, 0.15) is 0 Å². The van der Waals surface area contributed by atoms with Gasteiger partial charge in [0.25, 0.3) is 11.8 Å². The first kappa shape index (κ1) is 11.9. The number of aldehydes is 1. The lowest BCUT2D eigenvalue weighted by molar-refractivity contribution is -0.127. The zero-order valence-electron chi connectivity index (χ0n) is 8.82. The summed E-state index contributed by atoms with van der Waals surface area (Å²) in [4.78, 5) is 32.2. The summed E-state index contributed by atoms with van der Waals surface area (Å²) in [6.07, 6.45) is 0.192. The van der Waals surface area contributed by atoms with Crippen LogP contribution in [0.25, 0.3) is 0 Å². The Kier molecular flexibility index (Phi) is 4.20. The van der Waals surface area contributed by atoms with Crippen LogP contribution in [0.2, 0.25) is 0 Å². The number of amides is 2. The molecule has 0 aromatic heterocycles. The summed E-state index contributed by atoms with van der Waals surface area (Å²) in [5.41, 5.74) is 0.983. The second-order valence-electron chi connectivity index (χ2n) is 3.04. The molecule has 0 saturated heterocycles. The molecule has 0 heterocycles. The van der Waals surface area contributed by atoms with E-state index in [1.807, 2.05) is 6.92 Å². The Morgan fingerprint density at radius 3 is 2.38 bits per heavy atom. The molecule has 0 atom stereocenters. The summed E-state index contributed by atoms with van der Waals surface area (Å²) in [7, 11) is 0. The van der Waals surface area contributed by atoms with E-state index in [2.05, 4.69) is 10.6 Å². The molecule has 0 radical (unpaired) electrons. The van der Waals surface area contributed by atoms with Crippen LogP contribution in [0.5, 0.6) is 0 Å². The number of nitrogens with one attached hydrogen (secondary N) is 2. The fourth-order valence-corrected chi connectivity index (χ4v) is 1.14. The summed E-state index contributed by atoms with van der Waals surface area (Å²) in [5, 5.41) is 5.00. The number of hydrogen-bond acceptors (Lipinski definition) is 3. The van der Waals surface area contributed by atoms with Gasteiger partial charge in [0.15, 0.2) is 0 Å². The minimum absolute atomic E-state index is 0.171. The average Bonchev–Trinajstić information content (AvgIpc) is 2.30. The molecule has 2 amide bonds. The van der Waals surface area contributed by atoms with Gasteiger partial charge < -0.3 is 10.6 Å². The lowest BCUT2D eigenvalue weighted by Gasteiger charge is -2.04. The molecule has 0 fully saturated rings. The molecule has 0 aliphatic rings. The van der Waals surface area contributed by atoms with Crippen molar-refractivity contribution in [3.8, 4) is 0 Å². The van der Waals surface area contributed by atoms with E-state index < -0.39 is 5.91 Å². The first-order valence-electron chi connectivity index (χ1n) is 4.81. The molecule has 0 bridgehead atoms. The van der Waals surface area contributed by atoms with Crippen LogP contribution in [0.4, 0.5) is 5.69 Å². The molecular weight excluding hydrogens is 208 g/mol. The van der Waals surface area contributed by atoms with E-state index in [0.717, 1.165) is 0 Å². The number of carbonyl (C=O) groups excluding carboxylic acids is 3. The van der Waals surface area contributed by atoms with E-state index in [4.69, 9.17) is 0 Å². The predicted octanol–water partition coefficient (Wildman–Crippen LogP) is 0.574. The van der Waals surface area contributed by atoms with Crippen LogP contribution in [0.15, 0.2) is 24.3 Å². The van der Waals surface area contributed by atoms with E-state index in [9.17, 15) is 14.4 Å². The van der Waals surface area contributed by atoms with Crippen LogP contribution in [0, 0.1) is 0 Å². The van der Waals surface area contributed by atoms with Gasteiger partial charge in [-0.05, 0) is 31.2 Å². The topological polar surface area (TPSA) is 75.3 Å². The molecule has 1 aromatic rings. The molecule has 1 aromatic carbocycles. The standard InChI is InChI=1S/C11H12N2O3/c1-2-12-11(16)8-3-5-9(6-4-8)13-10(15)7-14/h3-7H,2H2,1H3,(H,12,16)(H,13,15). The Bertz CT molecular complexity index is 398. The van der Waals surface area contributed by atoms with Crippen molar-refractivity contribution in [2.24, 2.45) is 0 Å². The third-order valence-electron chi connectivity index (χ3n) is 1.86. The molecular formula is C11H12N2O3. The predicted molar refractivity (Wildman–Crippen MR) is 59.1 cm³/mol. The Morgan fingerprint density at radius 2 is 1.88 bits per heavy atom. The number of rotatable bonds is 4. The molecule has 84 valence electrons. The van der Waals surface area contributed by atoms with Crippen molar-refractivity contribution in [2.75, 3.05) is 11.9 Å². The highest BCUT2D eigenvalue weighted by molar-refractivity contribution is 6.29. The minimum Gasteiger partial charge on any atom is -0.352 e. The van der Waals surface area contributed by atoms with Crippen LogP contribution in [0.1, 0.15) is 17.3 Å². The summed E-state index contributed by atoms with van der Waals surface area (Å²) in [6, 6.07) is 6.27. The number of hydrogen-bond donors (Lipinski definition) is 2. The lowest BCUT2D eigenvalue weighted by atomic mass is 10.2. The lowest BCUT2D eigenvalue weighted by Crippen LogP contribution is -2.22. The maximum atomic E-state index is 11.4. The molecule has 0 unspecified atom stereocenters. The Balaban J connectivity index is 2.71. The van der Waals surface area contributed by atoms with Crippen LogP contribution >= 0.6 is 0 Å². The van der Waals surface area contributed by atoms with Crippen molar-refractivity contribution >= 4 is 23.8 Å². The summed E-state index contributed by atoms with van der Waals surface area (Å²) in [5.74, 6) is -0.887. The van der Waals surface area contributed by atoms with Crippen molar-refractivity contribution in [2.45, 2.75) is 6.92 Å². The Hall–Kier alpha value is -2.17. The fourth-order valence-electron chi connectivity index (χ4n) is 1.14. The zero-order valence-corrected chi connectivity index (χ0v) is 8.82. The molecule has 16 heavy (non-hydrogen) atoms. The molecule has 5 nitrogen and oxygen atoms in total. The highest BCUT2D eigenvalue weighted by Gasteiger charge is 2.04. The van der Waals surface area contributed by atoms with Crippen LogP contribution < -0.4 is 10.6 Å². The molecule has 0 aliphatic carbocycles. The summed E-state index contributed by atoms with van der Waals surface area (Å²) >= 11 is 0. The van der Waals surface area contributed by atoms with Crippen LogP contribution in [-0.4, -0.2) is 24.6 Å². The number of carbonyl (C=O) groups is 3. The highest BCUT2D eigenvalue weighted by Crippen LogP contribution is 2.09. The van der Waals surface area contributed by atoms with Gasteiger partial charge >= 0.3 is 0 Å². The molecule has 0 saturated carbocycles. The largest absolute Gasteiger partial charge is 0.352 e. The van der Waals surface area contributed by atoms with Crippen molar-refractivity contribution < 1.29 is 14.4 Å². The summed E-state index contributed by atoms with van der Waals surface area (Å²) < 4.78 is 0. The first-order valence-corrected chi connectivity index (χ1v) is 4.81. The minimum atomic E-state index is -0.717. The van der Waals surface area contributed by atoms with E-state index >= 15 is 0 Å². The van der Waals surface area contributed by atoms with Gasteiger partial charge in [-0.25, -0.2) is 0 Å². The Labute approximate surface area is 92.8 Å². The number of anilines is 1. The van der Waals surface area contributed by atoms with Crippen LogP contribution in [-0.2, 0) is 9.59 Å². The second-order valence-corrected chi connectivity index (χ2v) is 3.04. The van der Waals surface area contributed by atoms with Gasteiger partial charge in [0.05, 0.1) is 0 Å². The molecule has 0 aliphatic heterocycles. The smallest absolute Gasteiger partial charge is 0.288 e. The molecule has 1 rings (SSSR count). The van der Waals surface area contributed by atoms with Gasteiger partial charge in [-0.2, -0.15) is 0 Å². The number of benzene rings is 1. The van der Waals surface area contributed by atoms with Crippen LogP contribution in [0.3, 0.4) is 0 Å². The highest BCUT2D eigenvalue weighted by atomic mass is 16.2. The van der Waals surface area contributed by atoms with Gasteiger partial charge in [0.2, 0.25) is 6.29 Å². The normalized spacial score (nSPS) is 9.31. The molecule has 5 heteroatoms. The van der Waals surface area contributed by atoms with Crippen molar-refractivity contribution in [1.29, 1.82) is 0 Å². The van der Waals surface area contributed by atoms with E-state index in [1.165, 1.54) is 0 Å². The fraction of sp³-hybridized carbons (Fsp3) is 0.182. The summed E-state index contributed by atoms with van der Waals surface area (Å²) in [6.45, 7) is 2.39. The maximum absolute atomic E-state index is 11.4. The van der Waals surface area contributed by atoms with Crippen molar-refractivity contribution in [1.82, 2.24) is 5.32 Å². The zero-order chi connectivity index (χ0) is 12.0. The van der Waals surface area contributed by atoms with E-state index in [0.29, 0.717) is 17.8 Å². The van der Waals surface area contributed by atoms with Gasteiger partial charge in [-0.1, -0.05) is 0 Å². The van der Waals surface area contributed by atoms with Gasteiger partial charge in [-0.3, -0.25) is 14.4 Å². The SMILES string of the molecule is CCNC(=O)c1ccc(NC(=O)C=O)cc1. The van der Waals surface area contributed by atoms with Crippen molar-refractivity contribution in [3.05, 3.63) is 29.8 Å². The van der Waals surface area contributed by atoms with E-state index in [-0.39, 0.29) is 12.2 Å². The molecule has 0 spiro atoms. The quantitative estimate of drug-likeness (QED) is 0.575. The third-order valence-corrected chi connectivity index (χ3v) is 1.86. The maximum Gasteiger partial charge on any atom is 0.288 e.